The van der Waals surface area contributed by atoms with Gasteiger partial charge in [-0.05, 0) is 38.2 Å². The van der Waals surface area contributed by atoms with Gasteiger partial charge >= 0.3 is 5.63 Å². The van der Waals surface area contributed by atoms with Crippen molar-refractivity contribution in [1.82, 2.24) is 10.2 Å². The molecular formula is C18H24N2O4. The zero-order chi connectivity index (χ0) is 17.5. The molecule has 0 aliphatic carbocycles. The van der Waals surface area contributed by atoms with Gasteiger partial charge in [-0.25, -0.2) is 4.79 Å². The fourth-order valence-electron chi connectivity index (χ4n) is 2.58. The van der Waals surface area contributed by atoms with E-state index in [4.69, 9.17) is 9.15 Å². The molecule has 0 aliphatic rings. The minimum Gasteiger partial charge on any atom is -0.493 e. The highest BCUT2D eigenvalue weighted by Gasteiger charge is 2.15. The van der Waals surface area contributed by atoms with Crippen molar-refractivity contribution < 1.29 is 13.9 Å². The van der Waals surface area contributed by atoms with E-state index in [1.54, 1.807) is 24.3 Å². The van der Waals surface area contributed by atoms with Crippen LogP contribution in [0.1, 0.15) is 30.6 Å². The van der Waals surface area contributed by atoms with Gasteiger partial charge in [0, 0.05) is 11.9 Å². The number of ether oxygens (including phenoxy) is 1. The maximum absolute atomic E-state index is 12.2. The summed E-state index contributed by atoms with van der Waals surface area (Å²) in [5.74, 6) is 0.0591. The summed E-state index contributed by atoms with van der Waals surface area (Å²) in [7, 11) is 1.51. The molecule has 1 aromatic heterocycles. The summed E-state index contributed by atoms with van der Waals surface area (Å²) in [5.41, 5.74) is -0.296. The van der Waals surface area contributed by atoms with Crippen molar-refractivity contribution in [2.45, 2.75) is 20.3 Å². The number of benzene rings is 1. The van der Waals surface area contributed by atoms with Gasteiger partial charge in [-0.1, -0.05) is 26.0 Å². The Bertz CT molecular complexity index is 750. The average Bonchev–Trinajstić information content (AvgIpc) is 2.60. The van der Waals surface area contributed by atoms with Crippen molar-refractivity contribution in [3.05, 3.63) is 40.2 Å². The van der Waals surface area contributed by atoms with E-state index in [2.05, 4.69) is 24.1 Å². The largest absolute Gasteiger partial charge is 0.493 e. The molecule has 0 fully saturated rings. The van der Waals surface area contributed by atoms with Crippen LogP contribution in [-0.2, 0) is 0 Å². The van der Waals surface area contributed by atoms with Crippen molar-refractivity contribution in [1.29, 1.82) is 0 Å². The Balaban J connectivity index is 2.07. The number of amides is 1. The van der Waals surface area contributed by atoms with Crippen LogP contribution in [0.2, 0.25) is 0 Å². The van der Waals surface area contributed by atoms with Crippen LogP contribution in [0.3, 0.4) is 0 Å². The van der Waals surface area contributed by atoms with Crippen LogP contribution in [0.4, 0.5) is 0 Å². The predicted molar refractivity (Wildman–Crippen MR) is 93.8 cm³/mol. The van der Waals surface area contributed by atoms with E-state index in [0.717, 1.165) is 26.1 Å². The summed E-state index contributed by atoms with van der Waals surface area (Å²) in [4.78, 5) is 26.6. The van der Waals surface area contributed by atoms with Crippen LogP contribution >= 0.6 is 0 Å². The Morgan fingerprint density at radius 3 is 2.71 bits per heavy atom. The molecule has 0 radical (unpaired) electrons. The molecule has 2 rings (SSSR count). The number of carbonyl (C=O) groups is 1. The van der Waals surface area contributed by atoms with Gasteiger partial charge in [0.25, 0.3) is 5.91 Å². The zero-order valence-electron chi connectivity index (χ0n) is 14.4. The number of fused-ring (bicyclic) bond motifs is 1. The van der Waals surface area contributed by atoms with E-state index in [1.807, 2.05) is 0 Å². The second kappa shape index (κ2) is 8.49. The lowest BCUT2D eigenvalue weighted by Gasteiger charge is -2.17. The minimum absolute atomic E-state index is 0.0126. The summed E-state index contributed by atoms with van der Waals surface area (Å²) >= 11 is 0. The van der Waals surface area contributed by atoms with Crippen molar-refractivity contribution in [3.63, 3.8) is 0 Å². The van der Waals surface area contributed by atoms with Crippen LogP contribution in [0.5, 0.6) is 5.75 Å². The molecule has 130 valence electrons. The Kier molecular flexibility index (Phi) is 6.37. The number of para-hydroxylation sites is 1. The molecule has 1 amide bonds. The fraction of sp³-hybridized carbons (Fsp3) is 0.444. The summed E-state index contributed by atoms with van der Waals surface area (Å²) in [6.45, 7) is 7.62. The highest BCUT2D eigenvalue weighted by atomic mass is 16.5. The normalized spacial score (nSPS) is 11.0. The molecular weight excluding hydrogens is 308 g/mol. The van der Waals surface area contributed by atoms with Crippen LogP contribution in [0, 0.1) is 0 Å². The predicted octanol–water partition coefficient (Wildman–Crippen LogP) is 2.26. The topological polar surface area (TPSA) is 71.8 Å². The number of methoxy groups -OCH3 is 1. The molecule has 0 unspecified atom stereocenters. The van der Waals surface area contributed by atoms with E-state index in [0.29, 0.717) is 23.3 Å². The lowest BCUT2D eigenvalue weighted by molar-refractivity contribution is 0.0948. The first kappa shape index (κ1) is 18.0. The molecule has 2 aromatic rings. The Hall–Kier alpha value is -2.34. The third kappa shape index (κ3) is 4.14. The summed E-state index contributed by atoms with van der Waals surface area (Å²) in [6.07, 6.45) is 0.833. The number of nitrogens with one attached hydrogen (secondary N) is 1. The minimum atomic E-state index is -0.659. The van der Waals surface area contributed by atoms with Gasteiger partial charge in [0.15, 0.2) is 11.3 Å². The molecule has 6 nitrogen and oxygen atoms in total. The van der Waals surface area contributed by atoms with Crippen molar-refractivity contribution in [3.8, 4) is 5.75 Å². The molecule has 0 aliphatic heterocycles. The first-order valence-electron chi connectivity index (χ1n) is 8.22. The SMILES string of the molecule is CCN(CC)CCCNC(=O)c1cc2cccc(OC)c2oc1=O. The van der Waals surface area contributed by atoms with Crippen molar-refractivity contribution in [2.75, 3.05) is 33.3 Å². The summed E-state index contributed by atoms with van der Waals surface area (Å²) in [5, 5.41) is 3.43. The Morgan fingerprint density at radius 1 is 1.29 bits per heavy atom. The molecule has 0 atom stereocenters. The number of nitrogens with zero attached hydrogens (tertiary/aromatic N) is 1. The van der Waals surface area contributed by atoms with Gasteiger partial charge in [-0.3, -0.25) is 4.79 Å². The van der Waals surface area contributed by atoms with Crippen LogP contribution in [0.15, 0.2) is 33.5 Å². The lowest BCUT2D eigenvalue weighted by Crippen LogP contribution is -2.32. The van der Waals surface area contributed by atoms with Gasteiger partial charge in [0.1, 0.15) is 5.56 Å². The number of hydrogen-bond donors (Lipinski definition) is 1. The molecule has 6 heteroatoms. The first-order valence-corrected chi connectivity index (χ1v) is 8.22. The van der Waals surface area contributed by atoms with Crippen molar-refractivity contribution >= 4 is 16.9 Å². The number of rotatable bonds is 8. The first-order chi connectivity index (χ1) is 11.6. The molecule has 0 saturated carbocycles. The van der Waals surface area contributed by atoms with Gasteiger partial charge < -0.3 is 19.4 Å². The van der Waals surface area contributed by atoms with Crippen molar-refractivity contribution in [2.24, 2.45) is 0 Å². The molecule has 0 spiro atoms. The average molecular weight is 332 g/mol. The third-order valence-corrected chi connectivity index (χ3v) is 4.02. The van der Waals surface area contributed by atoms with E-state index in [1.165, 1.54) is 7.11 Å². The van der Waals surface area contributed by atoms with Gasteiger partial charge in [0.05, 0.1) is 7.11 Å². The highest BCUT2D eigenvalue weighted by Crippen LogP contribution is 2.24. The monoisotopic (exact) mass is 332 g/mol. The van der Waals surface area contributed by atoms with Gasteiger partial charge in [-0.15, -0.1) is 0 Å². The fourth-order valence-corrected chi connectivity index (χ4v) is 2.58. The molecule has 1 aromatic carbocycles. The maximum Gasteiger partial charge on any atom is 0.349 e. The molecule has 1 N–H and O–H groups in total. The Morgan fingerprint density at radius 2 is 2.04 bits per heavy atom. The van der Waals surface area contributed by atoms with Crippen LogP contribution < -0.4 is 15.7 Å². The quantitative estimate of drug-likeness (QED) is 0.593. The van der Waals surface area contributed by atoms with Gasteiger partial charge in [-0.2, -0.15) is 0 Å². The second-order valence-electron chi connectivity index (χ2n) is 5.46. The molecule has 1 heterocycles. The maximum atomic E-state index is 12.2. The standard InChI is InChI=1S/C18H24N2O4/c1-4-20(5-2)11-7-10-19-17(21)14-12-13-8-6-9-15(23-3)16(13)24-18(14)22/h6,8-9,12H,4-5,7,10-11H2,1-3H3,(H,19,21). The molecule has 0 bridgehead atoms. The highest BCUT2D eigenvalue weighted by molar-refractivity contribution is 5.97. The van der Waals surface area contributed by atoms with E-state index < -0.39 is 11.5 Å². The zero-order valence-corrected chi connectivity index (χ0v) is 14.4. The van der Waals surface area contributed by atoms with Gasteiger partial charge in [0.2, 0.25) is 0 Å². The smallest absolute Gasteiger partial charge is 0.349 e. The molecule has 24 heavy (non-hydrogen) atoms. The van der Waals surface area contributed by atoms with E-state index in [-0.39, 0.29) is 5.56 Å². The Labute approximate surface area is 141 Å². The van der Waals surface area contributed by atoms with E-state index in [9.17, 15) is 9.59 Å². The number of carbonyl (C=O) groups excluding carboxylic acids is 1. The summed E-state index contributed by atoms with van der Waals surface area (Å²) in [6, 6.07) is 6.81. The van der Waals surface area contributed by atoms with Crippen LogP contribution in [-0.4, -0.2) is 44.1 Å². The van der Waals surface area contributed by atoms with Crippen LogP contribution in [0.25, 0.3) is 11.0 Å². The van der Waals surface area contributed by atoms with E-state index >= 15 is 0 Å². The molecule has 0 saturated heterocycles. The third-order valence-electron chi connectivity index (χ3n) is 4.02. The summed E-state index contributed by atoms with van der Waals surface area (Å²) < 4.78 is 10.4. The lowest BCUT2D eigenvalue weighted by atomic mass is 10.1. The number of hydrogen-bond acceptors (Lipinski definition) is 5. The second-order valence-corrected chi connectivity index (χ2v) is 5.46.